The molecule has 0 radical (unpaired) electrons. The van der Waals surface area contributed by atoms with Crippen molar-refractivity contribution in [2.24, 2.45) is 0 Å². The van der Waals surface area contributed by atoms with Crippen LogP contribution in [0.4, 0.5) is 0 Å². The Hall–Kier alpha value is -1.14. The zero-order valence-electron chi connectivity index (χ0n) is 14.8. The van der Waals surface area contributed by atoms with E-state index in [0.29, 0.717) is 26.1 Å². The molecule has 1 atom stereocenters. The lowest BCUT2D eigenvalue weighted by Gasteiger charge is -2.53. The average molecular weight is 338 g/mol. The smallest absolute Gasteiger partial charge is 0.248 e. The molecule has 3 aliphatic heterocycles. The van der Waals surface area contributed by atoms with Crippen LogP contribution in [-0.2, 0) is 19.1 Å². The lowest BCUT2D eigenvalue weighted by molar-refractivity contribution is -0.202. The summed E-state index contributed by atoms with van der Waals surface area (Å²) < 4.78 is 11.8. The van der Waals surface area contributed by atoms with E-state index in [-0.39, 0.29) is 30.1 Å². The number of hydrogen-bond donors (Lipinski definition) is 0. The third kappa shape index (κ3) is 4.09. The number of amides is 2. The van der Waals surface area contributed by atoms with Gasteiger partial charge in [0.15, 0.2) is 0 Å². The van der Waals surface area contributed by atoms with Gasteiger partial charge in [-0.25, -0.2) is 0 Å². The van der Waals surface area contributed by atoms with Gasteiger partial charge in [0.25, 0.3) is 0 Å². The number of nitrogens with zero attached hydrogens (tertiary/aromatic N) is 2. The highest BCUT2D eigenvalue weighted by Crippen LogP contribution is 2.35. The summed E-state index contributed by atoms with van der Waals surface area (Å²) in [6, 6.07) is 0. The first-order chi connectivity index (χ1) is 11.6. The van der Waals surface area contributed by atoms with Crippen LogP contribution >= 0.6 is 0 Å². The highest BCUT2D eigenvalue weighted by atomic mass is 16.5. The highest BCUT2D eigenvalue weighted by Gasteiger charge is 2.49. The Morgan fingerprint density at radius 1 is 1.17 bits per heavy atom. The van der Waals surface area contributed by atoms with Crippen molar-refractivity contribution in [3.05, 3.63) is 0 Å². The van der Waals surface area contributed by atoms with Crippen molar-refractivity contribution in [2.45, 2.75) is 63.6 Å². The van der Waals surface area contributed by atoms with Crippen molar-refractivity contribution in [1.82, 2.24) is 9.80 Å². The van der Waals surface area contributed by atoms with E-state index in [1.165, 1.54) is 0 Å². The fourth-order valence-electron chi connectivity index (χ4n) is 3.90. The average Bonchev–Trinajstić information content (AvgIpc) is 3.10. The second-order valence-electron chi connectivity index (χ2n) is 7.40. The molecule has 3 rings (SSSR count). The third-order valence-corrected chi connectivity index (χ3v) is 5.40. The molecule has 3 saturated heterocycles. The van der Waals surface area contributed by atoms with Gasteiger partial charge in [0, 0.05) is 32.5 Å². The van der Waals surface area contributed by atoms with Crippen LogP contribution in [0.5, 0.6) is 0 Å². The Morgan fingerprint density at radius 2 is 1.92 bits per heavy atom. The molecule has 0 N–H and O–H groups in total. The van der Waals surface area contributed by atoms with Crippen molar-refractivity contribution in [2.75, 3.05) is 39.4 Å². The van der Waals surface area contributed by atoms with E-state index in [9.17, 15) is 9.59 Å². The van der Waals surface area contributed by atoms with Gasteiger partial charge in [-0.3, -0.25) is 9.59 Å². The first-order valence-electron chi connectivity index (χ1n) is 9.43. The SMILES string of the molecule is CCCCC(=O)N1CC2(C[C@@H](OCC(=O)N3CCCC3)CCO2)C1. The maximum Gasteiger partial charge on any atom is 0.248 e. The van der Waals surface area contributed by atoms with E-state index in [4.69, 9.17) is 9.47 Å². The van der Waals surface area contributed by atoms with Gasteiger partial charge in [-0.05, 0) is 25.7 Å². The zero-order valence-corrected chi connectivity index (χ0v) is 14.8. The Bertz CT molecular complexity index is 456. The van der Waals surface area contributed by atoms with Gasteiger partial charge in [0.1, 0.15) is 12.2 Å². The van der Waals surface area contributed by atoms with Gasteiger partial charge in [0.2, 0.25) is 11.8 Å². The summed E-state index contributed by atoms with van der Waals surface area (Å²) in [6.45, 7) is 6.02. The van der Waals surface area contributed by atoms with Gasteiger partial charge in [-0.2, -0.15) is 0 Å². The molecule has 6 nitrogen and oxygen atoms in total. The number of unbranched alkanes of at least 4 members (excludes halogenated alkanes) is 1. The fourth-order valence-corrected chi connectivity index (χ4v) is 3.90. The van der Waals surface area contributed by atoms with E-state index in [1.54, 1.807) is 0 Å². The van der Waals surface area contributed by atoms with E-state index in [1.807, 2.05) is 9.80 Å². The largest absolute Gasteiger partial charge is 0.371 e. The number of ether oxygens (including phenoxy) is 2. The van der Waals surface area contributed by atoms with Crippen LogP contribution in [0.2, 0.25) is 0 Å². The van der Waals surface area contributed by atoms with E-state index >= 15 is 0 Å². The number of rotatable bonds is 6. The minimum Gasteiger partial charge on any atom is -0.371 e. The second kappa shape index (κ2) is 7.83. The minimum absolute atomic E-state index is 0.0678. The van der Waals surface area contributed by atoms with E-state index in [2.05, 4.69) is 6.92 Å². The lowest BCUT2D eigenvalue weighted by Crippen LogP contribution is -2.67. The molecule has 1 spiro atoms. The predicted octanol–water partition coefficient (Wildman–Crippen LogP) is 1.58. The summed E-state index contributed by atoms with van der Waals surface area (Å²) in [5, 5.41) is 0. The predicted molar refractivity (Wildman–Crippen MR) is 89.6 cm³/mol. The number of hydrogen-bond acceptors (Lipinski definition) is 4. The van der Waals surface area contributed by atoms with Crippen molar-refractivity contribution >= 4 is 11.8 Å². The van der Waals surface area contributed by atoms with Crippen LogP contribution in [0.3, 0.4) is 0 Å². The Kier molecular flexibility index (Phi) is 5.76. The van der Waals surface area contributed by atoms with Gasteiger partial charge < -0.3 is 19.3 Å². The van der Waals surface area contributed by atoms with Crippen molar-refractivity contribution in [3.63, 3.8) is 0 Å². The molecule has 3 heterocycles. The molecule has 6 heteroatoms. The van der Waals surface area contributed by atoms with Crippen LogP contribution in [0.25, 0.3) is 0 Å². The molecule has 0 aromatic rings. The summed E-state index contributed by atoms with van der Waals surface area (Å²) in [6.07, 6.45) is 6.53. The molecule has 0 bridgehead atoms. The Balaban J connectivity index is 1.40. The summed E-state index contributed by atoms with van der Waals surface area (Å²) in [4.78, 5) is 27.9. The Morgan fingerprint density at radius 3 is 2.62 bits per heavy atom. The van der Waals surface area contributed by atoms with Crippen LogP contribution in [0, 0.1) is 0 Å². The van der Waals surface area contributed by atoms with Crippen molar-refractivity contribution in [1.29, 1.82) is 0 Å². The molecule has 0 aromatic carbocycles. The van der Waals surface area contributed by atoms with Crippen molar-refractivity contribution < 1.29 is 19.1 Å². The lowest BCUT2D eigenvalue weighted by atomic mass is 9.84. The monoisotopic (exact) mass is 338 g/mol. The molecule has 136 valence electrons. The molecule has 3 fully saturated rings. The highest BCUT2D eigenvalue weighted by molar-refractivity contribution is 5.78. The van der Waals surface area contributed by atoms with E-state index < -0.39 is 0 Å². The fraction of sp³-hybridized carbons (Fsp3) is 0.889. The van der Waals surface area contributed by atoms with Crippen molar-refractivity contribution in [3.8, 4) is 0 Å². The minimum atomic E-state index is -0.235. The number of likely N-dealkylation sites (tertiary alicyclic amines) is 2. The summed E-state index contributed by atoms with van der Waals surface area (Å²) in [7, 11) is 0. The van der Waals surface area contributed by atoms with Gasteiger partial charge in [-0.15, -0.1) is 0 Å². The summed E-state index contributed by atoms with van der Waals surface area (Å²) in [5.41, 5.74) is -0.235. The molecule has 3 aliphatic rings. The van der Waals surface area contributed by atoms with Crippen LogP contribution in [-0.4, -0.2) is 72.7 Å². The van der Waals surface area contributed by atoms with Crippen LogP contribution < -0.4 is 0 Å². The second-order valence-corrected chi connectivity index (χ2v) is 7.40. The zero-order chi connectivity index (χ0) is 17.0. The molecular formula is C18H30N2O4. The number of carbonyl (C=O) groups is 2. The molecule has 0 aromatic heterocycles. The maximum atomic E-state index is 12.1. The molecule has 0 unspecified atom stereocenters. The maximum absolute atomic E-state index is 12.1. The topological polar surface area (TPSA) is 59.1 Å². The molecule has 0 saturated carbocycles. The summed E-state index contributed by atoms with van der Waals surface area (Å²) >= 11 is 0. The van der Waals surface area contributed by atoms with Crippen LogP contribution in [0.1, 0.15) is 51.9 Å². The molecule has 2 amide bonds. The summed E-state index contributed by atoms with van der Waals surface area (Å²) in [5.74, 6) is 0.344. The quantitative estimate of drug-likeness (QED) is 0.738. The molecule has 24 heavy (non-hydrogen) atoms. The first kappa shape index (κ1) is 17.7. The number of carbonyl (C=O) groups excluding carboxylic acids is 2. The van der Waals surface area contributed by atoms with E-state index in [0.717, 1.165) is 51.6 Å². The van der Waals surface area contributed by atoms with Gasteiger partial charge in [0.05, 0.1) is 19.2 Å². The van der Waals surface area contributed by atoms with Crippen LogP contribution in [0.15, 0.2) is 0 Å². The van der Waals surface area contributed by atoms with Gasteiger partial charge in [-0.1, -0.05) is 13.3 Å². The third-order valence-electron chi connectivity index (χ3n) is 5.40. The molecule has 0 aliphatic carbocycles. The Labute approximate surface area is 144 Å². The normalized spacial score (nSPS) is 25.8. The molecular weight excluding hydrogens is 308 g/mol. The van der Waals surface area contributed by atoms with Gasteiger partial charge >= 0.3 is 0 Å². The standard InChI is InChI=1S/C18H30N2O4/c1-2-3-6-16(21)20-13-18(14-20)11-15(7-10-24-18)23-12-17(22)19-8-4-5-9-19/h15H,2-14H2,1H3/t15-/m0/s1. The first-order valence-corrected chi connectivity index (χ1v) is 9.43.